The molecule has 0 aromatic carbocycles. The van der Waals surface area contributed by atoms with E-state index in [1.807, 2.05) is 13.0 Å². The van der Waals surface area contributed by atoms with Crippen LogP contribution in [-0.2, 0) is 0 Å². The Labute approximate surface area is 102 Å². The predicted molar refractivity (Wildman–Crippen MR) is 69.4 cm³/mol. The van der Waals surface area contributed by atoms with Crippen molar-refractivity contribution in [3.63, 3.8) is 0 Å². The smallest absolute Gasteiger partial charge is 0.222 e. The number of nitrogens with two attached hydrogens (primary N) is 1. The Morgan fingerprint density at radius 2 is 1.94 bits per heavy atom. The first-order valence-electron chi connectivity index (χ1n) is 6.22. The zero-order chi connectivity index (χ0) is 12.4. The number of nitrogen functional groups attached to an aromatic ring is 1. The molecule has 2 atom stereocenters. The number of nitrogens with zero attached hydrogens (tertiary/aromatic N) is 3. The average molecular weight is 235 g/mol. The van der Waals surface area contributed by atoms with Crippen LogP contribution in [0.15, 0.2) is 6.07 Å². The molecule has 5 heteroatoms. The van der Waals surface area contributed by atoms with E-state index in [4.69, 9.17) is 5.73 Å². The second-order valence-corrected chi connectivity index (χ2v) is 4.90. The third-order valence-corrected chi connectivity index (χ3v) is 3.31. The molecule has 17 heavy (non-hydrogen) atoms. The van der Waals surface area contributed by atoms with Crippen molar-refractivity contribution < 1.29 is 0 Å². The number of hydrazine groups is 1. The molecule has 94 valence electrons. The molecule has 3 N–H and O–H groups in total. The molecule has 0 bridgehead atoms. The van der Waals surface area contributed by atoms with Gasteiger partial charge in [-0.05, 0) is 33.6 Å². The molecular weight excluding hydrogens is 214 g/mol. The van der Waals surface area contributed by atoms with Gasteiger partial charge in [0.2, 0.25) is 5.95 Å². The maximum atomic E-state index is 5.65. The first kappa shape index (κ1) is 12.1. The molecule has 0 radical (unpaired) electrons. The molecule has 0 saturated carbocycles. The van der Waals surface area contributed by atoms with Crippen LogP contribution < -0.4 is 11.2 Å². The van der Waals surface area contributed by atoms with E-state index < -0.39 is 0 Å². The first-order chi connectivity index (χ1) is 8.06. The van der Waals surface area contributed by atoms with Crippen molar-refractivity contribution in [1.82, 2.24) is 15.0 Å². The van der Waals surface area contributed by atoms with Gasteiger partial charge in [0.15, 0.2) is 0 Å². The number of hydrogen-bond acceptors (Lipinski definition) is 5. The number of anilines is 2. The van der Waals surface area contributed by atoms with Crippen LogP contribution >= 0.6 is 0 Å². The van der Waals surface area contributed by atoms with Crippen molar-refractivity contribution in [2.75, 3.05) is 11.2 Å². The van der Waals surface area contributed by atoms with Crippen molar-refractivity contribution >= 4 is 11.8 Å². The summed E-state index contributed by atoms with van der Waals surface area (Å²) in [5.74, 6) is 1.11. The van der Waals surface area contributed by atoms with E-state index in [0.717, 1.165) is 11.5 Å². The molecule has 1 aromatic heterocycles. The number of aryl methyl sites for hydroxylation is 1. The second-order valence-electron chi connectivity index (χ2n) is 4.90. The molecule has 1 aliphatic rings. The number of hydrogen-bond donors (Lipinski definition) is 2. The van der Waals surface area contributed by atoms with Crippen LogP contribution in [0.25, 0.3) is 0 Å². The van der Waals surface area contributed by atoms with E-state index in [0.29, 0.717) is 18.0 Å². The second kappa shape index (κ2) is 4.87. The summed E-state index contributed by atoms with van der Waals surface area (Å²) in [5.41, 5.74) is 9.90. The SMILES string of the molecule is Cc1cc(NN2C(C)CCCC2C)nc(N)n1. The number of piperidine rings is 1. The van der Waals surface area contributed by atoms with Crippen LogP contribution in [0.2, 0.25) is 0 Å². The highest BCUT2D eigenvalue weighted by atomic mass is 15.5. The molecule has 1 fully saturated rings. The molecule has 1 aliphatic heterocycles. The highest BCUT2D eigenvalue weighted by Crippen LogP contribution is 2.23. The van der Waals surface area contributed by atoms with E-state index in [2.05, 4.69) is 34.3 Å². The van der Waals surface area contributed by atoms with E-state index in [1.54, 1.807) is 0 Å². The van der Waals surface area contributed by atoms with Gasteiger partial charge < -0.3 is 11.2 Å². The maximum absolute atomic E-state index is 5.65. The monoisotopic (exact) mass is 235 g/mol. The van der Waals surface area contributed by atoms with Gasteiger partial charge in [0.05, 0.1) is 0 Å². The van der Waals surface area contributed by atoms with Gasteiger partial charge in [-0.25, -0.2) is 9.99 Å². The summed E-state index contributed by atoms with van der Waals surface area (Å²) < 4.78 is 0. The van der Waals surface area contributed by atoms with Gasteiger partial charge in [-0.3, -0.25) is 0 Å². The number of rotatable bonds is 2. The van der Waals surface area contributed by atoms with Gasteiger partial charge >= 0.3 is 0 Å². The molecule has 1 aromatic rings. The molecule has 0 aliphatic carbocycles. The summed E-state index contributed by atoms with van der Waals surface area (Å²) in [4.78, 5) is 8.28. The van der Waals surface area contributed by atoms with E-state index in [9.17, 15) is 0 Å². The Kier molecular flexibility index (Phi) is 3.47. The lowest BCUT2D eigenvalue weighted by molar-refractivity contribution is 0.135. The first-order valence-corrected chi connectivity index (χ1v) is 6.22. The molecule has 0 spiro atoms. The molecule has 0 amide bonds. The van der Waals surface area contributed by atoms with Gasteiger partial charge in [0.1, 0.15) is 5.82 Å². The van der Waals surface area contributed by atoms with Gasteiger partial charge in [0.25, 0.3) is 0 Å². The van der Waals surface area contributed by atoms with Gasteiger partial charge in [0, 0.05) is 23.8 Å². The number of nitrogens with one attached hydrogen (secondary N) is 1. The largest absolute Gasteiger partial charge is 0.368 e. The van der Waals surface area contributed by atoms with Crippen LogP contribution in [0.4, 0.5) is 11.8 Å². The zero-order valence-corrected chi connectivity index (χ0v) is 10.8. The van der Waals surface area contributed by atoms with Crippen molar-refractivity contribution in [3.05, 3.63) is 11.8 Å². The zero-order valence-electron chi connectivity index (χ0n) is 10.8. The average Bonchev–Trinajstić information content (AvgIpc) is 2.22. The lowest BCUT2D eigenvalue weighted by Crippen LogP contribution is -2.47. The van der Waals surface area contributed by atoms with Gasteiger partial charge in [-0.15, -0.1) is 0 Å². The number of aromatic nitrogens is 2. The van der Waals surface area contributed by atoms with Crippen LogP contribution in [-0.4, -0.2) is 27.1 Å². The summed E-state index contributed by atoms with van der Waals surface area (Å²) in [6.45, 7) is 6.40. The van der Waals surface area contributed by atoms with Crippen molar-refractivity contribution in [2.24, 2.45) is 0 Å². The van der Waals surface area contributed by atoms with Gasteiger partial charge in [-0.2, -0.15) is 4.98 Å². The fourth-order valence-corrected chi connectivity index (χ4v) is 2.42. The minimum absolute atomic E-state index is 0.324. The lowest BCUT2D eigenvalue weighted by Gasteiger charge is -2.39. The van der Waals surface area contributed by atoms with E-state index in [-0.39, 0.29) is 0 Å². The summed E-state index contributed by atoms with van der Waals surface area (Å²) in [6.07, 6.45) is 3.74. The molecule has 2 unspecified atom stereocenters. The van der Waals surface area contributed by atoms with Gasteiger partial charge in [-0.1, -0.05) is 6.42 Å². The third-order valence-electron chi connectivity index (χ3n) is 3.31. The Hall–Kier alpha value is -1.36. The Bertz CT molecular complexity index is 362. The Balaban J connectivity index is 2.13. The molecular formula is C12H21N5. The summed E-state index contributed by atoms with van der Waals surface area (Å²) >= 11 is 0. The molecule has 1 saturated heterocycles. The molecule has 5 nitrogen and oxygen atoms in total. The van der Waals surface area contributed by atoms with Crippen LogP contribution in [0.3, 0.4) is 0 Å². The van der Waals surface area contributed by atoms with Crippen molar-refractivity contribution in [2.45, 2.75) is 52.1 Å². The highest BCUT2D eigenvalue weighted by Gasteiger charge is 2.24. The maximum Gasteiger partial charge on any atom is 0.222 e. The normalized spacial score (nSPS) is 25.8. The van der Waals surface area contributed by atoms with E-state index in [1.165, 1.54) is 19.3 Å². The lowest BCUT2D eigenvalue weighted by atomic mass is 10.00. The third kappa shape index (κ3) is 2.85. The summed E-state index contributed by atoms with van der Waals surface area (Å²) in [5, 5.41) is 2.27. The predicted octanol–water partition coefficient (Wildman–Crippen LogP) is 1.96. The molecule has 2 rings (SSSR count). The Morgan fingerprint density at radius 1 is 1.29 bits per heavy atom. The highest BCUT2D eigenvalue weighted by molar-refractivity contribution is 5.39. The summed E-state index contributed by atoms with van der Waals surface area (Å²) in [7, 11) is 0. The Morgan fingerprint density at radius 3 is 2.53 bits per heavy atom. The minimum atomic E-state index is 0.324. The van der Waals surface area contributed by atoms with Crippen LogP contribution in [0, 0.1) is 6.92 Å². The fraction of sp³-hybridized carbons (Fsp3) is 0.667. The quantitative estimate of drug-likeness (QED) is 0.820. The van der Waals surface area contributed by atoms with Crippen molar-refractivity contribution in [1.29, 1.82) is 0 Å². The minimum Gasteiger partial charge on any atom is -0.368 e. The molecule has 2 heterocycles. The van der Waals surface area contributed by atoms with Crippen LogP contribution in [0.1, 0.15) is 38.8 Å². The van der Waals surface area contributed by atoms with E-state index >= 15 is 0 Å². The topological polar surface area (TPSA) is 67.1 Å². The van der Waals surface area contributed by atoms with Crippen LogP contribution in [0.5, 0.6) is 0 Å². The van der Waals surface area contributed by atoms with Crippen molar-refractivity contribution in [3.8, 4) is 0 Å². The fourth-order valence-electron chi connectivity index (χ4n) is 2.42. The summed E-state index contributed by atoms with van der Waals surface area (Å²) in [6, 6.07) is 2.97. The standard InChI is InChI=1S/C12H21N5/c1-8-7-11(15-12(13)14-8)16-17-9(2)5-4-6-10(17)3/h7,9-10H,4-6H2,1-3H3,(H3,13,14,15,16).